The summed E-state index contributed by atoms with van der Waals surface area (Å²) in [6.45, 7) is 6.30. The summed E-state index contributed by atoms with van der Waals surface area (Å²) in [7, 11) is 1.60. The van der Waals surface area contributed by atoms with Crippen LogP contribution < -0.4 is 0 Å². The van der Waals surface area contributed by atoms with Crippen LogP contribution in [0.2, 0.25) is 0 Å². The third-order valence-electron chi connectivity index (χ3n) is 3.88. The summed E-state index contributed by atoms with van der Waals surface area (Å²) in [6.07, 6.45) is 6.72. The lowest BCUT2D eigenvalue weighted by Crippen LogP contribution is -2.36. The molecule has 0 aromatic carbocycles. The van der Waals surface area contributed by atoms with Crippen molar-refractivity contribution in [1.82, 2.24) is 0 Å². The van der Waals surface area contributed by atoms with Crippen LogP contribution in [0.4, 0.5) is 0 Å². The average Bonchev–Trinajstić information content (AvgIpc) is 2.74. The molecule has 20 heavy (non-hydrogen) atoms. The Morgan fingerprint density at radius 3 is 2.80 bits per heavy atom. The molecular formula is C16H24O4. The summed E-state index contributed by atoms with van der Waals surface area (Å²) in [5.41, 5.74) is -0.110. The number of esters is 1. The molecule has 0 saturated heterocycles. The number of carbonyl (C=O) groups is 1. The zero-order valence-electron chi connectivity index (χ0n) is 12.8. The van der Waals surface area contributed by atoms with Crippen LogP contribution in [-0.4, -0.2) is 31.4 Å². The molecule has 0 bridgehead atoms. The van der Waals surface area contributed by atoms with Crippen molar-refractivity contribution in [2.75, 3.05) is 13.7 Å². The lowest BCUT2D eigenvalue weighted by Gasteiger charge is -2.31. The molecule has 0 N–H and O–H groups in total. The number of methoxy groups -OCH3 is 1. The Morgan fingerprint density at radius 1 is 1.55 bits per heavy atom. The van der Waals surface area contributed by atoms with E-state index in [-0.39, 0.29) is 18.0 Å². The fourth-order valence-corrected chi connectivity index (χ4v) is 2.97. The van der Waals surface area contributed by atoms with Crippen LogP contribution in [0.1, 0.15) is 40.0 Å². The molecule has 1 heterocycles. The second-order valence-electron chi connectivity index (χ2n) is 5.63. The van der Waals surface area contributed by atoms with Crippen molar-refractivity contribution in [3.05, 3.63) is 23.5 Å². The lowest BCUT2D eigenvalue weighted by molar-refractivity contribution is -0.141. The van der Waals surface area contributed by atoms with E-state index < -0.39 is 5.60 Å². The highest BCUT2D eigenvalue weighted by Gasteiger charge is 2.51. The molecule has 2 aliphatic rings. The first-order valence-corrected chi connectivity index (χ1v) is 7.37. The third-order valence-corrected chi connectivity index (χ3v) is 3.88. The van der Waals surface area contributed by atoms with Crippen molar-refractivity contribution >= 4 is 5.97 Å². The van der Waals surface area contributed by atoms with Gasteiger partial charge in [0, 0.05) is 0 Å². The van der Waals surface area contributed by atoms with Gasteiger partial charge < -0.3 is 14.2 Å². The first-order chi connectivity index (χ1) is 9.55. The number of rotatable bonds is 4. The van der Waals surface area contributed by atoms with Crippen LogP contribution in [-0.2, 0) is 19.0 Å². The number of ether oxygens (including phenoxy) is 3. The van der Waals surface area contributed by atoms with Crippen molar-refractivity contribution < 1.29 is 19.0 Å². The summed E-state index contributed by atoms with van der Waals surface area (Å²) in [5.74, 6) is 0.549. The topological polar surface area (TPSA) is 44.8 Å². The first-order valence-electron chi connectivity index (χ1n) is 7.37. The van der Waals surface area contributed by atoms with Gasteiger partial charge in [0.25, 0.3) is 0 Å². The predicted molar refractivity (Wildman–Crippen MR) is 76.1 cm³/mol. The quantitative estimate of drug-likeness (QED) is 0.586. The summed E-state index contributed by atoms with van der Waals surface area (Å²) in [4.78, 5) is 12.4. The molecule has 0 amide bonds. The number of allylic oxidation sites excluding steroid dienone is 1. The van der Waals surface area contributed by atoms with Crippen molar-refractivity contribution in [3.8, 4) is 0 Å². The highest BCUT2D eigenvalue weighted by atomic mass is 16.6. The van der Waals surface area contributed by atoms with Gasteiger partial charge in [-0.2, -0.15) is 0 Å². The van der Waals surface area contributed by atoms with E-state index in [9.17, 15) is 4.79 Å². The normalized spacial score (nSPS) is 29.4. The maximum atomic E-state index is 12.4. The van der Waals surface area contributed by atoms with Gasteiger partial charge in [0.2, 0.25) is 0 Å². The molecule has 0 radical (unpaired) electrons. The number of hydrogen-bond donors (Lipinski definition) is 0. The van der Waals surface area contributed by atoms with Gasteiger partial charge in [-0.05, 0) is 32.1 Å². The molecule has 2 rings (SSSR count). The smallest absolute Gasteiger partial charge is 0.340 e. The monoisotopic (exact) mass is 280 g/mol. The first kappa shape index (κ1) is 15.1. The molecule has 0 fully saturated rings. The molecule has 0 aromatic rings. The fraction of sp³-hybridized carbons (Fsp3) is 0.688. The molecule has 4 heteroatoms. The van der Waals surface area contributed by atoms with E-state index in [1.807, 2.05) is 13.0 Å². The largest absolute Gasteiger partial charge is 0.498 e. The molecule has 0 unspecified atom stereocenters. The Balaban J connectivity index is 2.47. The third kappa shape index (κ3) is 2.49. The SMILES string of the molecule is CCOC(=O)C1=C(OC)[C@@H](C(C)C)O[C@]12C=CCCC2. The van der Waals surface area contributed by atoms with Crippen molar-refractivity contribution in [2.45, 2.75) is 51.7 Å². The zero-order valence-corrected chi connectivity index (χ0v) is 12.8. The maximum absolute atomic E-state index is 12.4. The molecule has 1 spiro atoms. The molecule has 112 valence electrons. The Morgan fingerprint density at radius 2 is 2.30 bits per heavy atom. The molecular weight excluding hydrogens is 256 g/mol. The number of hydrogen-bond acceptors (Lipinski definition) is 4. The van der Waals surface area contributed by atoms with E-state index in [2.05, 4.69) is 19.9 Å². The van der Waals surface area contributed by atoms with E-state index in [0.29, 0.717) is 17.9 Å². The second-order valence-corrected chi connectivity index (χ2v) is 5.63. The Kier molecular flexibility index (Phi) is 4.53. The average molecular weight is 280 g/mol. The van der Waals surface area contributed by atoms with Crippen LogP contribution in [0.15, 0.2) is 23.5 Å². The maximum Gasteiger partial charge on any atom is 0.340 e. The van der Waals surface area contributed by atoms with Gasteiger partial charge >= 0.3 is 5.97 Å². The lowest BCUT2D eigenvalue weighted by atomic mass is 9.84. The zero-order chi connectivity index (χ0) is 14.8. The van der Waals surface area contributed by atoms with E-state index >= 15 is 0 Å². The summed E-state index contributed by atoms with van der Waals surface area (Å²) >= 11 is 0. The van der Waals surface area contributed by atoms with Crippen LogP contribution in [0.5, 0.6) is 0 Å². The molecule has 0 aromatic heterocycles. The molecule has 2 atom stereocenters. The minimum Gasteiger partial charge on any atom is -0.498 e. The van der Waals surface area contributed by atoms with Crippen molar-refractivity contribution in [2.24, 2.45) is 5.92 Å². The number of carbonyl (C=O) groups excluding carboxylic acids is 1. The van der Waals surface area contributed by atoms with Crippen molar-refractivity contribution in [1.29, 1.82) is 0 Å². The van der Waals surface area contributed by atoms with Crippen molar-refractivity contribution in [3.63, 3.8) is 0 Å². The highest BCUT2D eigenvalue weighted by Crippen LogP contribution is 2.45. The van der Waals surface area contributed by atoms with Gasteiger partial charge in [-0.15, -0.1) is 0 Å². The second kappa shape index (κ2) is 6.00. The summed E-state index contributed by atoms with van der Waals surface area (Å²) < 4.78 is 17.0. The van der Waals surface area contributed by atoms with Gasteiger partial charge in [0.1, 0.15) is 23.0 Å². The van der Waals surface area contributed by atoms with Crippen LogP contribution in [0.3, 0.4) is 0 Å². The van der Waals surface area contributed by atoms with Crippen LogP contribution in [0, 0.1) is 5.92 Å². The van der Waals surface area contributed by atoms with Crippen LogP contribution >= 0.6 is 0 Å². The minimum absolute atomic E-state index is 0.192. The van der Waals surface area contributed by atoms with E-state index in [1.54, 1.807) is 7.11 Å². The van der Waals surface area contributed by atoms with Gasteiger partial charge in [-0.25, -0.2) is 4.79 Å². The predicted octanol–water partition coefficient (Wildman–Crippen LogP) is 2.98. The standard InChI is InChI=1S/C16H24O4/c1-5-19-15(17)12-14(18-4)13(11(2)3)20-16(12)9-7-6-8-10-16/h7,9,11,13H,5-6,8,10H2,1-4H3/t13-,16+/m1/s1. The summed E-state index contributed by atoms with van der Waals surface area (Å²) in [5, 5.41) is 0. The minimum atomic E-state index is -0.662. The molecule has 1 aliphatic heterocycles. The molecule has 4 nitrogen and oxygen atoms in total. The van der Waals surface area contributed by atoms with E-state index in [4.69, 9.17) is 14.2 Å². The van der Waals surface area contributed by atoms with E-state index in [1.165, 1.54) is 0 Å². The van der Waals surface area contributed by atoms with Gasteiger partial charge in [-0.1, -0.05) is 26.0 Å². The Bertz CT molecular complexity index is 436. The van der Waals surface area contributed by atoms with E-state index in [0.717, 1.165) is 19.3 Å². The van der Waals surface area contributed by atoms with Crippen LogP contribution in [0.25, 0.3) is 0 Å². The van der Waals surface area contributed by atoms with Gasteiger partial charge in [0.15, 0.2) is 0 Å². The Hall–Kier alpha value is -1.29. The Labute approximate surface area is 120 Å². The molecule has 1 aliphatic carbocycles. The molecule has 0 saturated carbocycles. The van der Waals surface area contributed by atoms with Gasteiger partial charge in [-0.3, -0.25) is 0 Å². The summed E-state index contributed by atoms with van der Waals surface area (Å²) in [6, 6.07) is 0. The highest BCUT2D eigenvalue weighted by molar-refractivity contribution is 5.93. The fourth-order valence-electron chi connectivity index (χ4n) is 2.97. The van der Waals surface area contributed by atoms with Gasteiger partial charge in [0.05, 0.1) is 13.7 Å².